The maximum atomic E-state index is 12.3. The van der Waals surface area contributed by atoms with Gasteiger partial charge in [0.2, 0.25) is 0 Å². The molecule has 1 aliphatic heterocycles. The number of amides is 2. The molecule has 0 saturated carbocycles. The molecule has 0 spiro atoms. The van der Waals surface area contributed by atoms with Crippen molar-refractivity contribution in [3.05, 3.63) is 76.7 Å². The van der Waals surface area contributed by atoms with E-state index in [9.17, 15) is 9.59 Å². The van der Waals surface area contributed by atoms with E-state index in [2.05, 4.69) is 5.32 Å². The first kappa shape index (κ1) is 15.5. The molecule has 0 aromatic heterocycles. The van der Waals surface area contributed by atoms with Crippen LogP contribution in [0.4, 0.5) is 4.79 Å². The fraction of sp³-hybridized carbons (Fsp3) is 0.111. The minimum atomic E-state index is -0.246. The van der Waals surface area contributed by atoms with Gasteiger partial charge >= 0.3 is 0 Å². The molecule has 2 aromatic rings. The van der Waals surface area contributed by atoms with Crippen molar-refractivity contribution in [2.24, 2.45) is 0 Å². The van der Waals surface area contributed by atoms with Crippen LogP contribution >= 0.6 is 11.8 Å². The Bertz CT molecular complexity index is 729. The highest BCUT2D eigenvalue weighted by Crippen LogP contribution is 2.31. The van der Waals surface area contributed by atoms with E-state index < -0.39 is 0 Å². The highest BCUT2D eigenvalue weighted by Gasteiger charge is 2.34. The van der Waals surface area contributed by atoms with Crippen LogP contribution in [0.15, 0.2) is 65.6 Å². The smallest absolute Gasteiger partial charge is 0.294 e. The summed E-state index contributed by atoms with van der Waals surface area (Å²) in [4.78, 5) is 26.1. The van der Waals surface area contributed by atoms with Crippen LogP contribution in [-0.4, -0.2) is 22.7 Å². The van der Waals surface area contributed by atoms with Gasteiger partial charge < -0.3 is 0 Å². The molecule has 116 valence electrons. The van der Waals surface area contributed by atoms with Crippen molar-refractivity contribution in [1.29, 1.82) is 0 Å². The maximum absolute atomic E-state index is 12.3. The summed E-state index contributed by atoms with van der Waals surface area (Å²) in [7, 11) is 0. The Hall–Kier alpha value is -2.37. The summed E-state index contributed by atoms with van der Waals surface area (Å²) in [5.41, 5.74) is 2.02. The van der Waals surface area contributed by atoms with Crippen LogP contribution in [0.5, 0.6) is 0 Å². The molecule has 0 atom stereocenters. The van der Waals surface area contributed by atoms with Gasteiger partial charge in [0.15, 0.2) is 0 Å². The SMILES string of the molecule is O=C1SC(=Cc2ccccc2)C(=O)N1CNCc1ccccc1. The summed E-state index contributed by atoms with van der Waals surface area (Å²) in [6.45, 7) is 0.825. The second kappa shape index (κ2) is 7.26. The van der Waals surface area contributed by atoms with Gasteiger partial charge in [0.1, 0.15) is 0 Å². The number of hydrogen-bond acceptors (Lipinski definition) is 4. The van der Waals surface area contributed by atoms with Crippen molar-refractivity contribution in [2.75, 3.05) is 6.67 Å². The average molecular weight is 324 g/mol. The van der Waals surface area contributed by atoms with E-state index in [1.807, 2.05) is 60.7 Å². The normalized spacial score (nSPS) is 16.3. The van der Waals surface area contributed by atoms with Gasteiger partial charge in [-0.1, -0.05) is 60.7 Å². The Kier molecular flexibility index (Phi) is 4.90. The first-order valence-corrected chi connectivity index (χ1v) is 8.11. The quantitative estimate of drug-likeness (QED) is 0.856. The Labute approximate surface area is 139 Å². The van der Waals surface area contributed by atoms with E-state index in [4.69, 9.17) is 0 Å². The lowest BCUT2D eigenvalue weighted by atomic mass is 10.2. The van der Waals surface area contributed by atoms with E-state index in [0.717, 1.165) is 22.9 Å². The molecule has 0 radical (unpaired) electrons. The van der Waals surface area contributed by atoms with Crippen molar-refractivity contribution in [2.45, 2.75) is 6.54 Å². The maximum Gasteiger partial charge on any atom is 0.294 e. The number of rotatable bonds is 5. The molecule has 1 heterocycles. The highest BCUT2D eigenvalue weighted by molar-refractivity contribution is 8.18. The average Bonchev–Trinajstić information content (AvgIpc) is 2.84. The number of hydrogen-bond donors (Lipinski definition) is 1. The number of nitrogens with one attached hydrogen (secondary N) is 1. The lowest BCUT2D eigenvalue weighted by Crippen LogP contribution is -2.37. The first-order valence-electron chi connectivity index (χ1n) is 7.29. The zero-order chi connectivity index (χ0) is 16.1. The molecule has 3 rings (SSSR count). The first-order chi connectivity index (χ1) is 11.2. The summed E-state index contributed by atoms with van der Waals surface area (Å²) in [5, 5.41) is 2.89. The molecule has 5 heteroatoms. The van der Waals surface area contributed by atoms with Gasteiger partial charge in [-0.25, -0.2) is 0 Å². The predicted octanol–water partition coefficient (Wildman–Crippen LogP) is 3.47. The molecule has 1 N–H and O–H groups in total. The Balaban J connectivity index is 1.62. The number of benzene rings is 2. The van der Waals surface area contributed by atoms with Crippen LogP contribution in [0.2, 0.25) is 0 Å². The zero-order valence-corrected chi connectivity index (χ0v) is 13.3. The van der Waals surface area contributed by atoms with Gasteiger partial charge in [0.25, 0.3) is 11.1 Å². The summed E-state index contributed by atoms with van der Waals surface area (Å²) >= 11 is 0.981. The summed E-state index contributed by atoms with van der Waals surface area (Å²) in [6, 6.07) is 19.4. The Morgan fingerprint density at radius 1 is 0.957 bits per heavy atom. The minimum absolute atomic E-state index is 0.214. The number of imide groups is 1. The van der Waals surface area contributed by atoms with Crippen LogP contribution in [0, 0.1) is 0 Å². The van der Waals surface area contributed by atoms with Crippen molar-refractivity contribution >= 4 is 29.0 Å². The molecule has 4 nitrogen and oxygen atoms in total. The number of carbonyl (C=O) groups excluding carboxylic acids is 2. The van der Waals surface area contributed by atoms with Crippen molar-refractivity contribution in [3.63, 3.8) is 0 Å². The molecule has 0 unspecified atom stereocenters. The van der Waals surface area contributed by atoms with Gasteiger partial charge in [-0.05, 0) is 29.0 Å². The second-order valence-electron chi connectivity index (χ2n) is 5.09. The fourth-order valence-electron chi connectivity index (χ4n) is 2.24. The second-order valence-corrected chi connectivity index (χ2v) is 6.08. The summed E-state index contributed by atoms with van der Waals surface area (Å²) in [6.07, 6.45) is 1.75. The summed E-state index contributed by atoms with van der Waals surface area (Å²) < 4.78 is 0. The predicted molar refractivity (Wildman–Crippen MR) is 92.4 cm³/mol. The zero-order valence-electron chi connectivity index (χ0n) is 12.4. The van der Waals surface area contributed by atoms with Crippen LogP contribution in [0.1, 0.15) is 11.1 Å². The van der Waals surface area contributed by atoms with Gasteiger partial charge in [-0.2, -0.15) is 0 Å². The molecule has 2 aromatic carbocycles. The van der Waals surface area contributed by atoms with Crippen molar-refractivity contribution in [3.8, 4) is 0 Å². The topological polar surface area (TPSA) is 49.4 Å². The lowest BCUT2D eigenvalue weighted by Gasteiger charge is -2.13. The third kappa shape index (κ3) is 3.88. The van der Waals surface area contributed by atoms with Crippen LogP contribution < -0.4 is 5.32 Å². The summed E-state index contributed by atoms with van der Waals surface area (Å²) in [5.74, 6) is -0.246. The molecule has 0 aliphatic carbocycles. The molecular weight excluding hydrogens is 308 g/mol. The number of carbonyl (C=O) groups is 2. The Morgan fingerprint density at radius 2 is 1.61 bits per heavy atom. The van der Waals surface area contributed by atoms with E-state index in [0.29, 0.717) is 11.4 Å². The molecule has 0 bridgehead atoms. The third-order valence-corrected chi connectivity index (χ3v) is 4.32. The third-order valence-electron chi connectivity index (χ3n) is 3.41. The highest BCUT2D eigenvalue weighted by atomic mass is 32.2. The van der Waals surface area contributed by atoms with E-state index in [-0.39, 0.29) is 17.8 Å². The molecular formula is C18H16N2O2S. The number of nitrogens with zero attached hydrogens (tertiary/aromatic N) is 1. The molecule has 1 saturated heterocycles. The van der Waals surface area contributed by atoms with Crippen molar-refractivity contribution in [1.82, 2.24) is 10.2 Å². The molecule has 2 amide bonds. The molecule has 1 aliphatic rings. The van der Waals surface area contributed by atoms with E-state index >= 15 is 0 Å². The van der Waals surface area contributed by atoms with Gasteiger partial charge in [-0.3, -0.25) is 19.8 Å². The van der Waals surface area contributed by atoms with Crippen LogP contribution in [0.25, 0.3) is 6.08 Å². The van der Waals surface area contributed by atoms with E-state index in [1.165, 1.54) is 4.90 Å². The monoisotopic (exact) mass is 324 g/mol. The molecule has 1 fully saturated rings. The van der Waals surface area contributed by atoms with Gasteiger partial charge in [0, 0.05) is 6.54 Å². The fourth-order valence-corrected chi connectivity index (χ4v) is 3.08. The van der Waals surface area contributed by atoms with Crippen LogP contribution in [0.3, 0.4) is 0 Å². The number of thioether (sulfide) groups is 1. The molecule has 23 heavy (non-hydrogen) atoms. The Morgan fingerprint density at radius 3 is 2.30 bits per heavy atom. The van der Waals surface area contributed by atoms with E-state index in [1.54, 1.807) is 6.08 Å². The standard InChI is InChI=1S/C18H16N2O2S/c21-17-16(11-14-7-3-1-4-8-14)23-18(22)20(17)13-19-12-15-9-5-2-6-10-15/h1-11,19H,12-13H2. The largest absolute Gasteiger partial charge is 0.295 e. The van der Waals surface area contributed by atoms with Crippen molar-refractivity contribution < 1.29 is 9.59 Å². The minimum Gasteiger partial charge on any atom is -0.295 e. The van der Waals surface area contributed by atoms with Gasteiger partial charge in [-0.15, -0.1) is 0 Å². The van der Waals surface area contributed by atoms with Gasteiger partial charge in [0.05, 0.1) is 11.6 Å². The van der Waals surface area contributed by atoms with Crippen LogP contribution in [-0.2, 0) is 11.3 Å². The lowest BCUT2D eigenvalue weighted by molar-refractivity contribution is -0.123.